The Balaban J connectivity index is 2.65. The Hall–Kier alpha value is -1.43. The molecular formula is C12H21N3O3. The number of nitrogens with zero attached hydrogens (tertiary/aromatic N) is 3. The summed E-state index contributed by atoms with van der Waals surface area (Å²) in [5.41, 5.74) is 1.27. The van der Waals surface area contributed by atoms with Crippen LogP contribution in [0.15, 0.2) is 0 Å². The van der Waals surface area contributed by atoms with Gasteiger partial charge in [0, 0.05) is 13.7 Å². The summed E-state index contributed by atoms with van der Waals surface area (Å²) in [6.07, 6.45) is 4.47. The van der Waals surface area contributed by atoms with Crippen LogP contribution < -0.4 is 0 Å². The summed E-state index contributed by atoms with van der Waals surface area (Å²) in [6.45, 7) is 3.28. The minimum absolute atomic E-state index is 0.104. The van der Waals surface area contributed by atoms with Crippen LogP contribution in [-0.4, -0.2) is 33.2 Å². The molecule has 18 heavy (non-hydrogen) atoms. The lowest BCUT2D eigenvalue weighted by Crippen LogP contribution is -2.09. The highest BCUT2D eigenvalue weighted by molar-refractivity contribution is 5.69. The summed E-state index contributed by atoms with van der Waals surface area (Å²) in [5.74, 6) is -0.898. The first-order valence-electron chi connectivity index (χ1n) is 6.31. The van der Waals surface area contributed by atoms with Crippen molar-refractivity contribution in [3.8, 4) is 0 Å². The molecule has 1 rings (SSSR count). The Labute approximate surface area is 107 Å². The molecule has 0 amide bonds. The number of rotatable bonds is 9. The molecule has 1 heterocycles. The fourth-order valence-electron chi connectivity index (χ4n) is 1.81. The van der Waals surface area contributed by atoms with E-state index in [4.69, 9.17) is 9.84 Å². The summed E-state index contributed by atoms with van der Waals surface area (Å²) in [5, 5.41) is 16.7. The van der Waals surface area contributed by atoms with Gasteiger partial charge in [-0.3, -0.25) is 4.79 Å². The SMILES string of the molecule is CCCCCCn1nnc(CC(=O)O)c1COC. The molecule has 0 spiro atoms. The van der Waals surface area contributed by atoms with Crippen molar-refractivity contribution in [1.82, 2.24) is 15.0 Å². The molecule has 0 bridgehead atoms. The Bertz CT molecular complexity index is 377. The standard InChI is InChI=1S/C12H21N3O3/c1-3-4-5-6-7-15-11(9-18-2)10(13-14-15)8-12(16)17/h3-9H2,1-2H3,(H,16,17). The highest BCUT2D eigenvalue weighted by Crippen LogP contribution is 2.10. The largest absolute Gasteiger partial charge is 0.481 e. The average molecular weight is 255 g/mol. The molecule has 0 aromatic carbocycles. The topological polar surface area (TPSA) is 77.2 Å². The second-order valence-electron chi connectivity index (χ2n) is 4.27. The molecule has 0 aliphatic carbocycles. The summed E-state index contributed by atoms with van der Waals surface area (Å²) >= 11 is 0. The number of carbonyl (C=O) groups is 1. The maximum Gasteiger partial charge on any atom is 0.309 e. The first-order valence-corrected chi connectivity index (χ1v) is 6.31. The van der Waals surface area contributed by atoms with E-state index in [1.165, 1.54) is 12.8 Å². The lowest BCUT2D eigenvalue weighted by atomic mass is 10.2. The third-order valence-electron chi connectivity index (χ3n) is 2.74. The fourth-order valence-corrected chi connectivity index (χ4v) is 1.81. The summed E-state index contributed by atoms with van der Waals surface area (Å²) in [4.78, 5) is 10.7. The second-order valence-corrected chi connectivity index (χ2v) is 4.27. The smallest absolute Gasteiger partial charge is 0.309 e. The van der Waals surface area contributed by atoms with Gasteiger partial charge in [0.2, 0.25) is 0 Å². The van der Waals surface area contributed by atoms with Gasteiger partial charge in [0.15, 0.2) is 0 Å². The van der Waals surface area contributed by atoms with Crippen molar-refractivity contribution >= 4 is 5.97 Å². The molecule has 0 saturated carbocycles. The zero-order valence-corrected chi connectivity index (χ0v) is 11.1. The van der Waals surface area contributed by atoms with Crippen LogP contribution in [0.5, 0.6) is 0 Å². The van der Waals surface area contributed by atoms with Gasteiger partial charge in [0.25, 0.3) is 0 Å². The van der Waals surface area contributed by atoms with Crippen LogP contribution >= 0.6 is 0 Å². The quantitative estimate of drug-likeness (QED) is 0.679. The maximum absolute atomic E-state index is 10.7. The number of carboxylic acid groups (broad SMARTS) is 1. The number of aromatic nitrogens is 3. The van der Waals surface area contributed by atoms with Crippen LogP contribution in [0.1, 0.15) is 44.0 Å². The van der Waals surface area contributed by atoms with E-state index in [2.05, 4.69) is 17.2 Å². The molecule has 0 aliphatic heterocycles. The van der Waals surface area contributed by atoms with Gasteiger partial charge in [-0.25, -0.2) is 4.68 Å². The minimum atomic E-state index is -0.898. The molecule has 6 heteroatoms. The Kier molecular flexibility index (Phi) is 6.35. The van der Waals surface area contributed by atoms with Gasteiger partial charge in [-0.1, -0.05) is 31.4 Å². The number of methoxy groups -OCH3 is 1. The molecule has 0 radical (unpaired) electrons. The Morgan fingerprint density at radius 3 is 2.78 bits per heavy atom. The Morgan fingerprint density at radius 2 is 2.17 bits per heavy atom. The van der Waals surface area contributed by atoms with E-state index in [0.717, 1.165) is 25.1 Å². The van der Waals surface area contributed by atoms with Crippen molar-refractivity contribution in [2.75, 3.05) is 7.11 Å². The summed E-state index contributed by atoms with van der Waals surface area (Å²) < 4.78 is 6.84. The molecule has 6 nitrogen and oxygen atoms in total. The number of hydrogen-bond acceptors (Lipinski definition) is 4. The zero-order chi connectivity index (χ0) is 13.4. The predicted octanol–water partition coefficient (Wildman–Crippen LogP) is 1.63. The van der Waals surface area contributed by atoms with E-state index in [9.17, 15) is 4.79 Å². The molecular weight excluding hydrogens is 234 g/mol. The molecule has 0 fully saturated rings. The lowest BCUT2D eigenvalue weighted by Gasteiger charge is -2.06. The number of unbranched alkanes of at least 4 members (excludes halogenated alkanes) is 3. The maximum atomic E-state index is 10.7. The molecule has 1 aromatic heterocycles. The number of aliphatic carboxylic acids is 1. The minimum Gasteiger partial charge on any atom is -0.481 e. The van der Waals surface area contributed by atoms with Crippen molar-refractivity contribution in [2.24, 2.45) is 0 Å². The van der Waals surface area contributed by atoms with E-state index in [-0.39, 0.29) is 6.42 Å². The van der Waals surface area contributed by atoms with E-state index < -0.39 is 5.97 Å². The van der Waals surface area contributed by atoms with E-state index >= 15 is 0 Å². The molecule has 0 saturated heterocycles. The summed E-state index contributed by atoms with van der Waals surface area (Å²) in [7, 11) is 1.58. The third kappa shape index (κ3) is 4.44. The van der Waals surface area contributed by atoms with E-state index in [0.29, 0.717) is 12.3 Å². The van der Waals surface area contributed by atoms with Crippen molar-refractivity contribution in [2.45, 2.75) is 52.2 Å². The fraction of sp³-hybridized carbons (Fsp3) is 0.750. The van der Waals surface area contributed by atoms with E-state index in [1.54, 1.807) is 11.8 Å². The van der Waals surface area contributed by atoms with Crippen LogP contribution in [0.3, 0.4) is 0 Å². The lowest BCUT2D eigenvalue weighted by molar-refractivity contribution is -0.136. The van der Waals surface area contributed by atoms with Gasteiger partial charge >= 0.3 is 5.97 Å². The van der Waals surface area contributed by atoms with Crippen LogP contribution in [0, 0.1) is 0 Å². The van der Waals surface area contributed by atoms with Gasteiger partial charge in [0.05, 0.1) is 24.4 Å². The molecule has 0 atom stereocenters. The summed E-state index contributed by atoms with van der Waals surface area (Å²) in [6, 6.07) is 0. The molecule has 0 unspecified atom stereocenters. The van der Waals surface area contributed by atoms with Crippen molar-refractivity contribution in [3.63, 3.8) is 0 Å². The second kappa shape index (κ2) is 7.81. The van der Waals surface area contributed by atoms with Crippen LogP contribution in [0.2, 0.25) is 0 Å². The van der Waals surface area contributed by atoms with Crippen LogP contribution in [-0.2, 0) is 29.1 Å². The normalized spacial score (nSPS) is 10.8. The number of aryl methyl sites for hydroxylation is 1. The number of carboxylic acids is 1. The van der Waals surface area contributed by atoms with Crippen molar-refractivity contribution < 1.29 is 14.6 Å². The highest BCUT2D eigenvalue weighted by Gasteiger charge is 2.15. The van der Waals surface area contributed by atoms with Gasteiger partial charge in [0.1, 0.15) is 0 Å². The first-order chi connectivity index (χ1) is 8.69. The number of ether oxygens (including phenoxy) is 1. The average Bonchev–Trinajstić information content (AvgIpc) is 2.68. The van der Waals surface area contributed by atoms with Gasteiger partial charge in [-0.15, -0.1) is 5.10 Å². The molecule has 1 N–H and O–H groups in total. The van der Waals surface area contributed by atoms with Crippen LogP contribution in [0.25, 0.3) is 0 Å². The molecule has 102 valence electrons. The van der Waals surface area contributed by atoms with Gasteiger partial charge in [-0.05, 0) is 6.42 Å². The molecule has 1 aromatic rings. The Morgan fingerprint density at radius 1 is 1.39 bits per heavy atom. The van der Waals surface area contributed by atoms with E-state index in [1.807, 2.05) is 0 Å². The molecule has 0 aliphatic rings. The highest BCUT2D eigenvalue weighted by atomic mass is 16.5. The zero-order valence-electron chi connectivity index (χ0n) is 11.1. The first kappa shape index (κ1) is 14.6. The van der Waals surface area contributed by atoms with Crippen molar-refractivity contribution in [1.29, 1.82) is 0 Å². The third-order valence-corrected chi connectivity index (χ3v) is 2.74. The monoisotopic (exact) mass is 255 g/mol. The number of hydrogen-bond donors (Lipinski definition) is 1. The van der Waals surface area contributed by atoms with Gasteiger partial charge in [-0.2, -0.15) is 0 Å². The van der Waals surface area contributed by atoms with Gasteiger partial charge < -0.3 is 9.84 Å². The predicted molar refractivity (Wildman–Crippen MR) is 66.2 cm³/mol. The van der Waals surface area contributed by atoms with Crippen LogP contribution in [0.4, 0.5) is 0 Å². The van der Waals surface area contributed by atoms with Crippen molar-refractivity contribution in [3.05, 3.63) is 11.4 Å².